The summed E-state index contributed by atoms with van der Waals surface area (Å²) in [6.07, 6.45) is 1.58. The molecular formula is C26H29N3O5. The van der Waals surface area contributed by atoms with Gasteiger partial charge in [-0.15, -0.1) is 0 Å². The van der Waals surface area contributed by atoms with Gasteiger partial charge in [-0.25, -0.2) is 0 Å². The number of rotatable bonds is 7. The van der Waals surface area contributed by atoms with Crippen molar-refractivity contribution in [1.82, 2.24) is 10.1 Å². The molecule has 178 valence electrons. The van der Waals surface area contributed by atoms with Gasteiger partial charge in [0.05, 0.1) is 38.1 Å². The highest BCUT2D eigenvalue weighted by molar-refractivity contribution is 5.91. The van der Waals surface area contributed by atoms with Crippen LogP contribution in [-0.4, -0.2) is 63.5 Å². The number of carbonyl (C=O) groups is 1. The highest BCUT2D eigenvalue weighted by Gasteiger charge is 2.55. The molecule has 0 bridgehead atoms. The van der Waals surface area contributed by atoms with E-state index in [-0.39, 0.29) is 5.91 Å². The quantitative estimate of drug-likeness (QED) is 0.528. The molecule has 34 heavy (non-hydrogen) atoms. The highest BCUT2D eigenvalue weighted by atomic mass is 16.5. The molecule has 3 aromatic rings. The molecular weight excluding hydrogens is 434 g/mol. The number of ether oxygens (including phenoxy) is 3. The third-order valence-electron chi connectivity index (χ3n) is 6.82. The summed E-state index contributed by atoms with van der Waals surface area (Å²) < 4.78 is 21.9. The van der Waals surface area contributed by atoms with E-state index < -0.39 is 5.41 Å². The van der Waals surface area contributed by atoms with Crippen molar-refractivity contribution in [1.29, 1.82) is 0 Å². The zero-order valence-electron chi connectivity index (χ0n) is 19.7. The van der Waals surface area contributed by atoms with Crippen molar-refractivity contribution in [2.24, 2.45) is 0 Å². The first-order valence-electron chi connectivity index (χ1n) is 11.5. The number of methoxy groups -OCH3 is 3. The summed E-state index contributed by atoms with van der Waals surface area (Å²) in [7, 11) is 4.88. The molecule has 8 heteroatoms. The Morgan fingerprint density at radius 2 is 1.59 bits per heavy atom. The zero-order valence-corrected chi connectivity index (χ0v) is 19.7. The molecule has 1 aliphatic heterocycles. The molecule has 1 aromatic heterocycles. The number of para-hydroxylation sites is 2. The van der Waals surface area contributed by atoms with Gasteiger partial charge in [0, 0.05) is 37.8 Å². The van der Waals surface area contributed by atoms with Crippen LogP contribution in [0.25, 0.3) is 11.3 Å². The maximum Gasteiger partial charge on any atom is 0.235 e. The average molecular weight is 464 g/mol. The maximum atomic E-state index is 13.5. The number of aromatic nitrogens is 1. The minimum absolute atomic E-state index is 0.138. The van der Waals surface area contributed by atoms with Crippen LogP contribution in [0.2, 0.25) is 0 Å². The first-order valence-corrected chi connectivity index (χ1v) is 11.5. The molecule has 5 rings (SSSR count). The number of anilines is 1. The van der Waals surface area contributed by atoms with Crippen molar-refractivity contribution < 1.29 is 23.5 Å². The maximum absolute atomic E-state index is 13.5. The van der Waals surface area contributed by atoms with Crippen LogP contribution in [0.3, 0.4) is 0 Å². The van der Waals surface area contributed by atoms with Crippen molar-refractivity contribution in [3.05, 3.63) is 54.2 Å². The predicted octanol–water partition coefficient (Wildman–Crippen LogP) is 3.75. The SMILES string of the molecule is COc1ccc(-c2cc(C3(C(=O)N4CCN(c5ccccc5OC)CC4)CC3)no2)cc1OC. The van der Waals surface area contributed by atoms with E-state index in [0.717, 1.165) is 42.9 Å². The van der Waals surface area contributed by atoms with Crippen LogP contribution in [0.1, 0.15) is 18.5 Å². The summed E-state index contributed by atoms with van der Waals surface area (Å²) in [6, 6.07) is 15.5. The molecule has 2 heterocycles. The van der Waals surface area contributed by atoms with Crippen LogP contribution in [0, 0.1) is 0 Å². The number of piperazine rings is 1. The highest BCUT2D eigenvalue weighted by Crippen LogP contribution is 2.50. The Kier molecular flexibility index (Phi) is 5.81. The van der Waals surface area contributed by atoms with Gasteiger partial charge < -0.3 is 28.5 Å². The van der Waals surface area contributed by atoms with Crippen molar-refractivity contribution in [2.75, 3.05) is 52.4 Å². The second-order valence-corrected chi connectivity index (χ2v) is 8.68. The van der Waals surface area contributed by atoms with Crippen LogP contribution in [0.4, 0.5) is 5.69 Å². The van der Waals surface area contributed by atoms with Gasteiger partial charge >= 0.3 is 0 Å². The Morgan fingerprint density at radius 3 is 2.26 bits per heavy atom. The lowest BCUT2D eigenvalue weighted by Crippen LogP contribution is -2.51. The van der Waals surface area contributed by atoms with Crippen molar-refractivity contribution in [2.45, 2.75) is 18.3 Å². The Balaban J connectivity index is 1.29. The van der Waals surface area contributed by atoms with Crippen molar-refractivity contribution in [3.63, 3.8) is 0 Å². The molecule has 2 aromatic carbocycles. The molecule has 1 saturated carbocycles. The minimum Gasteiger partial charge on any atom is -0.495 e. The topological polar surface area (TPSA) is 77.3 Å². The monoisotopic (exact) mass is 463 g/mol. The summed E-state index contributed by atoms with van der Waals surface area (Å²) >= 11 is 0. The molecule has 1 amide bonds. The van der Waals surface area contributed by atoms with Gasteiger partial charge in [-0.05, 0) is 43.2 Å². The zero-order chi connectivity index (χ0) is 23.7. The van der Waals surface area contributed by atoms with Gasteiger partial charge in [-0.2, -0.15) is 0 Å². The molecule has 0 N–H and O–H groups in total. The van der Waals surface area contributed by atoms with Crippen LogP contribution in [0.15, 0.2) is 53.1 Å². The first-order chi connectivity index (χ1) is 16.6. The molecule has 0 radical (unpaired) electrons. The molecule has 1 saturated heterocycles. The molecule has 2 aliphatic rings. The van der Waals surface area contributed by atoms with Gasteiger partial charge in [-0.1, -0.05) is 17.3 Å². The standard InChI is InChI=1S/C26H29N3O5/c1-31-20-7-5-4-6-19(20)28-12-14-29(15-13-28)25(30)26(10-11-26)24-17-22(34-27-24)18-8-9-21(32-2)23(16-18)33-3/h4-9,16-17H,10-15H2,1-3H3. The van der Waals surface area contributed by atoms with Crippen LogP contribution >= 0.6 is 0 Å². The molecule has 1 aliphatic carbocycles. The largest absolute Gasteiger partial charge is 0.495 e. The second-order valence-electron chi connectivity index (χ2n) is 8.68. The Labute approximate surface area is 199 Å². The Bertz CT molecular complexity index is 1180. The predicted molar refractivity (Wildman–Crippen MR) is 128 cm³/mol. The normalized spacial score (nSPS) is 16.8. The Hall–Kier alpha value is -3.68. The van der Waals surface area contributed by atoms with Gasteiger partial charge in [0.15, 0.2) is 17.3 Å². The van der Waals surface area contributed by atoms with E-state index in [0.29, 0.717) is 36.0 Å². The van der Waals surface area contributed by atoms with E-state index in [1.165, 1.54) is 0 Å². The van der Waals surface area contributed by atoms with Gasteiger partial charge in [0.1, 0.15) is 5.75 Å². The van der Waals surface area contributed by atoms with E-state index in [2.05, 4.69) is 16.1 Å². The molecule has 2 fully saturated rings. The van der Waals surface area contributed by atoms with Crippen LogP contribution in [0.5, 0.6) is 17.2 Å². The number of hydrogen-bond donors (Lipinski definition) is 0. The number of carbonyl (C=O) groups excluding carboxylic acids is 1. The number of amides is 1. The molecule has 8 nitrogen and oxygen atoms in total. The van der Waals surface area contributed by atoms with E-state index in [1.807, 2.05) is 47.4 Å². The number of nitrogens with zero attached hydrogens (tertiary/aromatic N) is 3. The summed E-state index contributed by atoms with van der Waals surface area (Å²) in [5.41, 5.74) is 2.01. The molecule has 0 unspecified atom stereocenters. The fraction of sp³-hybridized carbons (Fsp3) is 0.385. The minimum atomic E-state index is -0.578. The lowest BCUT2D eigenvalue weighted by molar-refractivity contribution is -0.134. The second kappa shape index (κ2) is 8.93. The molecule has 0 atom stereocenters. The fourth-order valence-electron chi connectivity index (χ4n) is 4.67. The van der Waals surface area contributed by atoms with Crippen LogP contribution in [-0.2, 0) is 10.2 Å². The third kappa shape index (κ3) is 3.83. The summed E-state index contributed by atoms with van der Waals surface area (Å²) in [6.45, 7) is 2.86. The first kappa shape index (κ1) is 22.1. The number of hydrogen-bond acceptors (Lipinski definition) is 7. The van der Waals surface area contributed by atoms with E-state index >= 15 is 0 Å². The fourth-order valence-corrected chi connectivity index (χ4v) is 4.67. The number of benzene rings is 2. The summed E-state index contributed by atoms with van der Waals surface area (Å²) in [5, 5.41) is 4.30. The van der Waals surface area contributed by atoms with E-state index in [4.69, 9.17) is 18.7 Å². The average Bonchev–Trinajstić information content (AvgIpc) is 3.56. The summed E-state index contributed by atoms with van der Waals surface area (Å²) in [5.74, 6) is 2.86. The van der Waals surface area contributed by atoms with Crippen molar-refractivity contribution >= 4 is 11.6 Å². The molecule has 0 spiro atoms. The van der Waals surface area contributed by atoms with E-state index in [1.54, 1.807) is 21.3 Å². The lowest BCUT2D eigenvalue weighted by atomic mass is 9.99. The van der Waals surface area contributed by atoms with E-state index in [9.17, 15) is 4.79 Å². The van der Waals surface area contributed by atoms with Gasteiger partial charge in [0.25, 0.3) is 0 Å². The summed E-state index contributed by atoms with van der Waals surface area (Å²) in [4.78, 5) is 17.8. The van der Waals surface area contributed by atoms with Crippen molar-refractivity contribution in [3.8, 4) is 28.6 Å². The smallest absolute Gasteiger partial charge is 0.235 e. The van der Waals surface area contributed by atoms with Crippen LogP contribution < -0.4 is 19.1 Å². The Morgan fingerprint density at radius 1 is 0.882 bits per heavy atom. The third-order valence-corrected chi connectivity index (χ3v) is 6.82. The van der Waals surface area contributed by atoms with Gasteiger partial charge in [0.2, 0.25) is 5.91 Å². The lowest BCUT2D eigenvalue weighted by Gasteiger charge is -2.37. The van der Waals surface area contributed by atoms with Gasteiger partial charge in [-0.3, -0.25) is 4.79 Å².